The molecule has 2 aromatic rings. The smallest absolute Gasteiger partial charge is 0.258 e. The lowest BCUT2D eigenvalue weighted by Gasteiger charge is -2.15. The molecule has 0 spiro atoms. The molecule has 0 radical (unpaired) electrons. The molecule has 0 aromatic heterocycles. The fraction of sp³-hybridized carbons (Fsp3) is 0.381. The minimum absolute atomic E-state index is 0.0231. The number of carbonyl (C=O) groups excluding carboxylic acids is 1. The number of hydrogen-bond donors (Lipinski definition) is 1. The van der Waals surface area contributed by atoms with Crippen molar-refractivity contribution in [3.05, 3.63) is 64.1 Å². The molecule has 2 rings (SSSR count). The van der Waals surface area contributed by atoms with Crippen molar-refractivity contribution >= 4 is 21.8 Å². The summed E-state index contributed by atoms with van der Waals surface area (Å²) in [5.74, 6) is 1.05. The largest absolute Gasteiger partial charge is 0.483 e. The number of halogens is 1. The van der Waals surface area contributed by atoms with Gasteiger partial charge in [-0.15, -0.1) is 0 Å². The molecule has 0 bridgehead atoms. The van der Waals surface area contributed by atoms with Crippen molar-refractivity contribution in [1.82, 2.24) is 5.32 Å². The maximum Gasteiger partial charge on any atom is 0.258 e. The van der Waals surface area contributed by atoms with Crippen LogP contribution in [0.3, 0.4) is 0 Å². The van der Waals surface area contributed by atoms with Gasteiger partial charge in [-0.2, -0.15) is 0 Å². The minimum Gasteiger partial charge on any atom is -0.483 e. The first kappa shape index (κ1) is 19.5. The highest BCUT2D eigenvalue weighted by molar-refractivity contribution is 9.10. The molecular weight excluding hydrogens is 378 g/mol. The van der Waals surface area contributed by atoms with Crippen LogP contribution in [0.2, 0.25) is 0 Å². The van der Waals surface area contributed by atoms with Gasteiger partial charge in [0.2, 0.25) is 0 Å². The summed E-state index contributed by atoms with van der Waals surface area (Å²) in [6, 6.07) is 16.4. The topological polar surface area (TPSA) is 38.3 Å². The van der Waals surface area contributed by atoms with Crippen molar-refractivity contribution in [3.63, 3.8) is 0 Å². The van der Waals surface area contributed by atoms with Crippen molar-refractivity contribution in [1.29, 1.82) is 0 Å². The Morgan fingerprint density at radius 2 is 1.84 bits per heavy atom. The molecule has 134 valence electrons. The molecule has 3 nitrogen and oxygen atoms in total. The van der Waals surface area contributed by atoms with Gasteiger partial charge in [-0.1, -0.05) is 50.2 Å². The predicted octanol–water partition coefficient (Wildman–Crippen LogP) is 5.09. The van der Waals surface area contributed by atoms with Crippen LogP contribution in [0, 0.1) is 0 Å². The Hall–Kier alpha value is -1.81. The first-order valence-electron chi connectivity index (χ1n) is 8.71. The molecule has 0 unspecified atom stereocenters. The SMILES string of the molecule is CC(C)c1ccc(OCC(=O)N[C@@H](C)CCc2ccccc2)c(Br)c1. The van der Waals surface area contributed by atoms with E-state index in [1.54, 1.807) is 0 Å². The maximum atomic E-state index is 12.1. The third-order valence-electron chi connectivity index (χ3n) is 4.10. The molecule has 0 heterocycles. The van der Waals surface area contributed by atoms with Crippen LogP contribution in [0.1, 0.15) is 44.2 Å². The average Bonchev–Trinajstić information content (AvgIpc) is 2.59. The highest BCUT2D eigenvalue weighted by Crippen LogP contribution is 2.28. The summed E-state index contributed by atoms with van der Waals surface area (Å²) >= 11 is 3.51. The summed E-state index contributed by atoms with van der Waals surface area (Å²) in [4.78, 5) is 12.1. The van der Waals surface area contributed by atoms with E-state index in [4.69, 9.17) is 4.74 Å². The number of aryl methyl sites for hydroxylation is 1. The standard InChI is InChI=1S/C21H26BrNO2/c1-15(2)18-11-12-20(19(22)13-18)25-14-21(24)23-16(3)9-10-17-7-5-4-6-8-17/h4-8,11-13,15-16H,9-10,14H2,1-3H3,(H,23,24)/t16-/m0/s1. The van der Waals surface area contributed by atoms with Crippen molar-refractivity contribution in [2.45, 2.75) is 45.6 Å². The number of ether oxygens (including phenoxy) is 1. The Balaban J connectivity index is 1.76. The molecule has 0 aliphatic heterocycles. The van der Waals surface area contributed by atoms with Gasteiger partial charge in [-0.25, -0.2) is 0 Å². The lowest BCUT2D eigenvalue weighted by atomic mass is 10.0. The Morgan fingerprint density at radius 1 is 1.12 bits per heavy atom. The van der Waals surface area contributed by atoms with E-state index in [0.29, 0.717) is 11.7 Å². The summed E-state index contributed by atoms with van der Waals surface area (Å²) in [6.45, 7) is 6.34. The van der Waals surface area contributed by atoms with Crippen LogP contribution in [-0.4, -0.2) is 18.6 Å². The van der Waals surface area contributed by atoms with E-state index in [9.17, 15) is 4.79 Å². The van der Waals surface area contributed by atoms with E-state index in [1.165, 1.54) is 11.1 Å². The second-order valence-corrected chi connectivity index (χ2v) is 7.48. The molecule has 1 N–H and O–H groups in total. The Kier molecular flexibility index (Phi) is 7.51. The lowest BCUT2D eigenvalue weighted by Crippen LogP contribution is -2.36. The van der Waals surface area contributed by atoms with Gasteiger partial charge in [0.25, 0.3) is 5.91 Å². The van der Waals surface area contributed by atoms with Gasteiger partial charge in [0.05, 0.1) is 4.47 Å². The number of amides is 1. The van der Waals surface area contributed by atoms with E-state index < -0.39 is 0 Å². The molecule has 0 aliphatic carbocycles. The van der Waals surface area contributed by atoms with Crippen molar-refractivity contribution in [2.24, 2.45) is 0 Å². The summed E-state index contributed by atoms with van der Waals surface area (Å²) in [6.07, 6.45) is 1.86. The zero-order valence-electron chi connectivity index (χ0n) is 15.1. The third kappa shape index (κ3) is 6.54. The first-order valence-corrected chi connectivity index (χ1v) is 9.50. The molecule has 25 heavy (non-hydrogen) atoms. The Labute approximate surface area is 158 Å². The van der Waals surface area contributed by atoms with Crippen molar-refractivity contribution < 1.29 is 9.53 Å². The Morgan fingerprint density at radius 3 is 2.48 bits per heavy atom. The zero-order valence-corrected chi connectivity index (χ0v) is 16.7. The van der Waals surface area contributed by atoms with Gasteiger partial charge in [0, 0.05) is 6.04 Å². The molecule has 0 saturated carbocycles. The van der Waals surface area contributed by atoms with Crippen LogP contribution in [0.4, 0.5) is 0 Å². The third-order valence-corrected chi connectivity index (χ3v) is 4.72. The van der Waals surface area contributed by atoms with E-state index in [1.807, 2.05) is 43.3 Å². The van der Waals surface area contributed by atoms with Gasteiger partial charge >= 0.3 is 0 Å². The molecule has 0 aliphatic rings. The molecular formula is C21H26BrNO2. The second-order valence-electron chi connectivity index (χ2n) is 6.63. The summed E-state index contributed by atoms with van der Waals surface area (Å²) in [7, 11) is 0. The molecule has 4 heteroatoms. The Bertz CT molecular complexity index is 686. The predicted molar refractivity (Wildman–Crippen MR) is 106 cm³/mol. The quantitative estimate of drug-likeness (QED) is 0.666. The van der Waals surface area contributed by atoms with E-state index in [2.05, 4.69) is 47.2 Å². The molecule has 0 fully saturated rings. The zero-order chi connectivity index (χ0) is 18.2. The van der Waals surface area contributed by atoms with E-state index >= 15 is 0 Å². The van der Waals surface area contributed by atoms with Crippen LogP contribution in [0.5, 0.6) is 5.75 Å². The first-order chi connectivity index (χ1) is 12.0. The normalized spacial score (nSPS) is 12.0. The number of rotatable bonds is 8. The highest BCUT2D eigenvalue weighted by atomic mass is 79.9. The van der Waals surface area contributed by atoms with E-state index in [0.717, 1.165) is 17.3 Å². The number of carbonyl (C=O) groups is 1. The molecule has 1 amide bonds. The van der Waals surface area contributed by atoms with Gasteiger partial charge in [-0.3, -0.25) is 4.79 Å². The van der Waals surface area contributed by atoms with Crippen LogP contribution < -0.4 is 10.1 Å². The van der Waals surface area contributed by atoms with Crippen LogP contribution in [0.15, 0.2) is 53.0 Å². The number of nitrogens with one attached hydrogen (secondary N) is 1. The van der Waals surface area contributed by atoms with Crippen LogP contribution in [-0.2, 0) is 11.2 Å². The van der Waals surface area contributed by atoms with Crippen molar-refractivity contribution in [2.75, 3.05) is 6.61 Å². The van der Waals surface area contributed by atoms with Gasteiger partial charge in [0.1, 0.15) is 5.75 Å². The summed E-state index contributed by atoms with van der Waals surface area (Å²) in [5, 5.41) is 2.99. The molecule has 2 aromatic carbocycles. The van der Waals surface area contributed by atoms with Crippen LogP contribution >= 0.6 is 15.9 Å². The maximum absolute atomic E-state index is 12.1. The lowest BCUT2D eigenvalue weighted by molar-refractivity contribution is -0.123. The molecule has 0 saturated heterocycles. The number of benzene rings is 2. The fourth-order valence-corrected chi connectivity index (χ4v) is 3.06. The van der Waals surface area contributed by atoms with Crippen LogP contribution in [0.25, 0.3) is 0 Å². The van der Waals surface area contributed by atoms with E-state index in [-0.39, 0.29) is 18.6 Å². The summed E-state index contributed by atoms with van der Waals surface area (Å²) in [5.41, 5.74) is 2.52. The highest BCUT2D eigenvalue weighted by Gasteiger charge is 2.10. The summed E-state index contributed by atoms with van der Waals surface area (Å²) < 4.78 is 6.52. The van der Waals surface area contributed by atoms with Gasteiger partial charge in [0.15, 0.2) is 6.61 Å². The molecule has 1 atom stereocenters. The number of hydrogen-bond acceptors (Lipinski definition) is 2. The monoisotopic (exact) mass is 403 g/mol. The van der Waals surface area contributed by atoms with Gasteiger partial charge < -0.3 is 10.1 Å². The fourth-order valence-electron chi connectivity index (χ4n) is 2.55. The minimum atomic E-state index is -0.0969. The van der Waals surface area contributed by atoms with Gasteiger partial charge in [-0.05, 0) is 64.9 Å². The second kappa shape index (κ2) is 9.62. The average molecular weight is 404 g/mol. The van der Waals surface area contributed by atoms with Crippen molar-refractivity contribution in [3.8, 4) is 5.75 Å².